The maximum absolute atomic E-state index is 5.67. The van der Waals surface area contributed by atoms with Gasteiger partial charge >= 0.3 is 0 Å². The lowest BCUT2D eigenvalue weighted by Gasteiger charge is -2.02. The van der Waals surface area contributed by atoms with Gasteiger partial charge in [-0.05, 0) is 23.4 Å². The summed E-state index contributed by atoms with van der Waals surface area (Å²) in [6.45, 7) is 4.34. The second-order valence-electron chi connectivity index (χ2n) is 4.07. The van der Waals surface area contributed by atoms with Crippen LogP contribution in [0.3, 0.4) is 0 Å². The van der Waals surface area contributed by atoms with E-state index in [4.69, 9.17) is 17.3 Å². The maximum Gasteiger partial charge on any atom is 0.227 e. The smallest absolute Gasteiger partial charge is 0.227 e. The molecule has 0 bridgehead atoms. The standard InChI is InChI=1S/C8H11ClN4/c1-8(2)3-4(8)5-11-6(9)13-7(10)12-5/h4H,3H2,1-2H3,(H2,10,11,12,13). The van der Waals surface area contributed by atoms with Crippen LogP contribution in [0.15, 0.2) is 0 Å². The van der Waals surface area contributed by atoms with Crippen LogP contribution in [0, 0.1) is 5.41 Å². The first-order valence-electron chi connectivity index (χ1n) is 4.16. The molecule has 1 aliphatic carbocycles. The van der Waals surface area contributed by atoms with Crippen LogP contribution in [0.4, 0.5) is 5.95 Å². The minimum Gasteiger partial charge on any atom is -0.368 e. The molecule has 13 heavy (non-hydrogen) atoms. The van der Waals surface area contributed by atoms with Gasteiger partial charge in [-0.1, -0.05) is 13.8 Å². The monoisotopic (exact) mass is 198 g/mol. The highest BCUT2D eigenvalue weighted by molar-refractivity contribution is 6.28. The zero-order chi connectivity index (χ0) is 9.64. The second kappa shape index (κ2) is 2.54. The lowest BCUT2D eigenvalue weighted by atomic mass is 10.1. The maximum atomic E-state index is 5.67. The van der Waals surface area contributed by atoms with Gasteiger partial charge in [-0.25, -0.2) is 4.98 Å². The van der Waals surface area contributed by atoms with E-state index in [0.717, 1.165) is 12.2 Å². The largest absolute Gasteiger partial charge is 0.368 e. The van der Waals surface area contributed by atoms with Crippen LogP contribution in [0.2, 0.25) is 5.28 Å². The van der Waals surface area contributed by atoms with Crippen molar-refractivity contribution in [3.63, 3.8) is 0 Å². The topological polar surface area (TPSA) is 64.7 Å². The van der Waals surface area contributed by atoms with E-state index < -0.39 is 0 Å². The van der Waals surface area contributed by atoms with Gasteiger partial charge in [0.2, 0.25) is 11.2 Å². The van der Waals surface area contributed by atoms with E-state index in [1.165, 1.54) is 0 Å². The van der Waals surface area contributed by atoms with Crippen molar-refractivity contribution < 1.29 is 0 Å². The quantitative estimate of drug-likeness (QED) is 0.745. The molecule has 4 nitrogen and oxygen atoms in total. The molecule has 1 aliphatic rings. The van der Waals surface area contributed by atoms with Crippen molar-refractivity contribution in [1.82, 2.24) is 15.0 Å². The molecule has 2 rings (SSSR count). The number of halogens is 1. The van der Waals surface area contributed by atoms with Gasteiger partial charge in [-0.15, -0.1) is 0 Å². The van der Waals surface area contributed by atoms with Crippen molar-refractivity contribution in [3.8, 4) is 0 Å². The molecule has 5 heteroatoms. The third kappa shape index (κ3) is 1.58. The molecule has 0 amide bonds. The predicted octanol–water partition coefficient (Wildman–Crippen LogP) is 1.62. The molecule has 0 saturated heterocycles. The van der Waals surface area contributed by atoms with Gasteiger partial charge in [0.25, 0.3) is 0 Å². The van der Waals surface area contributed by atoms with Crippen LogP contribution >= 0.6 is 11.6 Å². The molecule has 0 aromatic carbocycles. The van der Waals surface area contributed by atoms with E-state index >= 15 is 0 Å². The van der Waals surface area contributed by atoms with Crippen LogP contribution in [0.5, 0.6) is 0 Å². The van der Waals surface area contributed by atoms with Gasteiger partial charge in [0.05, 0.1) is 0 Å². The van der Waals surface area contributed by atoms with E-state index in [1.807, 2.05) is 0 Å². The van der Waals surface area contributed by atoms with E-state index in [2.05, 4.69) is 28.8 Å². The Balaban J connectivity index is 2.32. The van der Waals surface area contributed by atoms with Crippen molar-refractivity contribution >= 4 is 17.5 Å². The lowest BCUT2D eigenvalue weighted by Crippen LogP contribution is -2.03. The van der Waals surface area contributed by atoms with Crippen molar-refractivity contribution in [2.24, 2.45) is 5.41 Å². The predicted molar refractivity (Wildman–Crippen MR) is 50.4 cm³/mol. The Hall–Kier alpha value is -0.900. The van der Waals surface area contributed by atoms with Gasteiger partial charge in [0, 0.05) is 5.92 Å². The summed E-state index contributed by atoms with van der Waals surface area (Å²) in [5, 5.41) is 0.185. The van der Waals surface area contributed by atoms with E-state index in [1.54, 1.807) is 0 Å². The number of hydrogen-bond acceptors (Lipinski definition) is 4. The average molecular weight is 199 g/mol. The number of rotatable bonds is 1. The van der Waals surface area contributed by atoms with Crippen LogP contribution in [0.25, 0.3) is 0 Å². The number of hydrogen-bond donors (Lipinski definition) is 1. The summed E-state index contributed by atoms with van der Waals surface area (Å²) in [5.74, 6) is 1.32. The minimum atomic E-state index is 0.185. The van der Waals surface area contributed by atoms with Crippen LogP contribution < -0.4 is 5.73 Å². The Bertz CT molecular complexity index is 330. The highest BCUT2D eigenvalue weighted by atomic mass is 35.5. The normalized spacial score (nSPS) is 24.4. The molecule has 1 aromatic heterocycles. The Morgan fingerprint density at radius 1 is 1.38 bits per heavy atom. The van der Waals surface area contributed by atoms with Gasteiger partial charge in [0.15, 0.2) is 0 Å². The summed E-state index contributed by atoms with van der Waals surface area (Å²) in [4.78, 5) is 11.8. The van der Waals surface area contributed by atoms with Gasteiger partial charge in [-0.2, -0.15) is 9.97 Å². The molecule has 1 aromatic rings. The molecular weight excluding hydrogens is 188 g/mol. The minimum absolute atomic E-state index is 0.185. The van der Waals surface area contributed by atoms with Crippen LogP contribution in [-0.4, -0.2) is 15.0 Å². The molecule has 1 unspecified atom stereocenters. The molecule has 0 spiro atoms. The summed E-state index contributed by atoms with van der Waals surface area (Å²) < 4.78 is 0. The Kier molecular flexibility index (Phi) is 1.70. The zero-order valence-corrected chi connectivity index (χ0v) is 8.34. The lowest BCUT2D eigenvalue weighted by molar-refractivity contribution is 0.607. The number of anilines is 1. The number of nitrogens with two attached hydrogens (primary N) is 1. The zero-order valence-electron chi connectivity index (χ0n) is 7.58. The molecule has 1 heterocycles. The van der Waals surface area contributed by atoms with Gasteiger partial charge in [0.1, 0.15) is 5.82 Å². The van der Waals surface area contributed by atoms with Gasteiger partial charge in [-0.3, -0.25) is 0 Å². The Morgan fingerprint density at radius 3 is 2.46 bits per heavy atom. The van der Waals surface area contributed by atoms with Crippen molar-refractivity contribution in [1.29, 1.82) is 0 Å². The summed E-state index contributed by atoms with van der Waals surface area (Å²) in [6, 6.07) is 0. The van der Waals surface area contributed by atoms with E-state index in [0.29, 0.717) is 5.92 Å². The molecule has 1 saturated carbocycles. The van der Waals surface area contributed by atoms with Crippen LogP contribution in [0.1, 0.15) is 32.0 Å². The third-order valence-corrected chi connectivity index (χ3v) is 2.64. The van der Waals surface area contributed by atoms with Crippen molar-refractivity contribution in [2.45, 2.75) is 26.2 Å². The SMILES string of the molecule is CC1(C)CC1c1nc(N)nc(Cl)n1. The number of nitrogen functional groups attached to an aromatic ring is 1. The Morgan fingerprint density at radius 2 is 2.00 bits per heavy atom. The fourth-order valence-corrected chi connectivity index (χ4v) is 1.62. The highest BCUT2D eigenvalue weighted by Crippen LogP contribution is 2.57. The third-order valence-electron chi connectivity index (χ3n) is 2.47. The molecular formula is C8H11ClN4. The first-order valence-corrected chi connectivity index (χ1v) is 4.54. The number of aromatic nitrogens is 3. The summed E-state index contributed by atoms with van der Waals surface area (Å²) in [7, 11) is 0. The summed E-state index contributed by atoms with van der Waals surface area (Å²) in [5.41, 5.74) is 5.76. The molecule has 0 radical (unpaired) electrons. The summed E-state index contributed by atoms with van der Waals surface area (Å²) >= 11 is 5.67. The molecule has 2 N–H and O–H groups in total. The van der Waals surface area contributed by atoms with Crippen LogP contribution in [-0.2, 0) is 0 Å². The van der Waals surface area contributed by atoms with E-state index in [9.17, 15) is 0 Å². The average Bonchev–Trinajstić information content (AvgIpc) is 2.57. The summed E-state index contributed by atoms with van der Waals surface area (Å²) in [6.07, 6.45) is 1.09. The molecule has 0 aliphatic heterocycles. The molecule has 1 fully saturated rings. The fraction of sp³-hybridized carbons (Fsp3) is 0.625. The molecule has 70 valence electrons. The Labute approximate surface area is 81.6 Å². The first-order chi connectivity index (χ1) is 5.99. The number of nitrogens with zero attached hydrogens (tertiary/aromatic N) is 3. The highest BCUT2D eigenvalue weighted by Gasteiger charge is 2.48. The van der Waals surface area contributed by atoms with E-state index in [-0.39, 0.29) is 16.6 Å². The van der Waals surface area contributed by atoms with Crippen molar-refractivity contribution in [3.05, 3.63) is 11.1 Å². The van der Waals surface area contributed by atoms with Gasteiger partial charge < -0.3 is 5.73 Å². The second-order valence-corrected chi connectivity index (χ2v) is 4.40. The first kappa shape index (κ1) is 8.69. The molecule has 1 atom stereocenters. The fourth-order valence-electron chi connectivity index (χ4n) is 1.45. The van der Waals surface area contributed by atoms with Crippen molar-refractivity contribution in [2.75, 3.05) is 5.73 Å².